The lowest BCUT2D eigenvalue weighted by molar-refractivity contribution is -0.137. The fraction of sp³-hybridized carbons (Fsp3) is 0.333. The molecule has 32 heavy (non-hydrogen) atoms. The van der Waals surface area contributed by atoms with Crippen molar-refractivity contribution < 1.29 is 9.53 Å². The smallest absolute Gasteiger partial charge is 0.235 e. The molecule has 1 atom stereocenters. The van der Waals surface area contributed by atoms with Crippen LogP contribution in [0, 0.1) is 0 Å². The van der Waals surface area contributed by atoms with Crippen LogP contribution in [-0.4, -0.2) is 47.9 Å². The Morgan fingerprint density at radius 3 is 2.56 bits per heavy atom. The Labute approximate surface area is 190 Å². The van der Waals surface area contributed by atoms with Gasteiger partial charge < -0.3 is 9.64 Å². The predicted octanol–water partition coefficient (Wildman–Crippen LogP) is 4.28. The van der Waals surface area contributed by atoms with E-state index >= 15 is 0 Å². The summed E-state index contributed by atoms with van der Waals surface area (Å²) in [5.41, 5.74) is 2.59. The van der Waals surface area contributed by atoms with Gasteiger partial charge in [0.15, 0.2) is 0 Å². The normalized spacial score (nSPS) is 18.8. The van der Waals surface area contributed by atoms with Gasteiger partial charge in [0.2, 0.25) is 5.91 Å². The number of piperidine rings is 1. The lowest BCUT2D eigenvalue weighted by atomic mass is 9.75. The lowest BCUT2D eigenvalue weighted by Crippen LogP contribution is -2.54. The summed E-state index contributed by atoms with van der Waals surface area (Å²) in [5.74, 6) is 0.990. The molecule has 3 aromatic rings. The number of carbonyl (C=O) groups excluding carboxylic acids is 1. The molecule has 1 amide bonds. The van der Waals surface area contributed by atoms with E-state index in [-0.39, 0.29) is 5.91 Å². The molecule has 5 nitrogen and oxygen atoms in total. The number of amides is 1. The second-order valence-electron chi connectivity index (χ2n) is 8.73. The average Bonchev–Trinajstić information content (AvgIpc) is 2.84. The van der Waals surface area contributed by atoms with Crippen molar-refractivity contribution in [3.8, 4) is 5.75 Å². The van der Waals surface area contributed by atoms with Crippen molar-refractivity contribution in [3.05, 3.63) is 95.8 Å². The quantitative estimate of drug-likeness (QED) is 0.562. The van der Waals surface area contributed by atoms with E-state index in [1.165, 1.54) is 5.56 Å². The Hall–Kier alpha value is -3.18. The maximum Gasteiger partial charge on any atom is 0.235 e. The summed E-state index contributed by atoms with van der Waals surface area (Å²) in [7, 11) is 3.67. The highest BCUT2D eigenvalue weighted by Crippen LogP contribution is 2.35. The van der Waals surface area contributed by atoms with Crippen LogP contribution >= 0.6 is 0 Å². The third-order valence-electron chi connectivity index (χ3n) is 6.10. The van der Waals surface area contributed by atoms with E-state index in [1.54, 1.807) is 11.1 Å². The fourth-order valence-corrected chi connectivity index (χ4v) is 4.58. The molecule has 0 radical (unpaired) electrons. The van der Waals surface area contributed by atoms with E-state index in [0.717, 1.165) is 42.9 Å². The van der Waals surface area contributed by atoms with Gasteiger partial charge in [0.25, 0.3) is 0 Å². The third kappa shape index (κ3) is 5.00. The highest BCUT2D eigenvalue weighted by molar-refractivity contribution is 5.88. The summed E-state index contributed by atoms with van der Waals surface area (Å²) in [6.45, 7) is 2.95. The molecule has 0 N–H and O–H groups in total. The van der Waals surface area contributed by atoms with Gasteiger partial charge in [-0.25, -0.2) is 0 Å². The van der Waals surface area contributed by atoms with Crippen molar-refractivity contribution in [2.24, 2.45) is 0 Å². The molecule has 1 fully saturated rings. The van der Waals surface area contributed by atoms with Crippen LogP contribution in [0.15, 0.2) is 79.0 Å². The summed E-state index contributed by atoms with van der Waals surface area (Å²) < 4.78 is 6.01. The zero-order chi connectivity index (χ0) is 22.4. The number of likely N-dealkylation sites (tertiary alicyclic amines) is 1. The standard InChI is InChI=1S/C27H31N3O2/c1-29(2)26(31)27(25-14-6-7-16-28-25)15-9-17-30(21-27)19-23-12-8-13-24(18-23)32-20-22-10-4-3-5-11-22/h3-8,10-14,16,18H,9,15,17,19-21H2,1-2H3. The number of pyridine rings is 1. The maximum atomic E-state index is 13.3. The minimum atomic E-state index is -0.607. The lowest BCUT2D eigenvalue weighted by Gasteiger charge is -2.42. The van der Waals surface area contributed by atoms with Crippen molar-refractivity contribution in [3.63, 3.8) is 0 Å². The van der Waals surface area contributed by atoms with Gasteiger partial charge in [0, 0.05) is 33.4 Å². The van der Waals surface area contributed by atoms with Crippen LogP contribution in [-0.2, 0) is 23.4 Å². The van der Waals surface area contributed by atoms with Gasteiger partial charge in [-0.1, -0.05) is 48.5 Å². The van der Waals surface area contributed by atoms with Gasteiger partial charge in [0.1, 0.15) is 17.8 Å². The minimum Gasteiger partial charge on any atom is -0.489 e. The Bertz CT molecular complexity index is 1020. The second kappa shape index (κ2) is 9.96. The van der Waals surface area contributed by atoms with E-state index < -0.39 is 5.41 Å². The molecule has 1 unspecified atom stereocenters. The zero-order valence-electron chi connectivity index (χ0n) is 18.9. The Balaban J connectivity index is 1.49. The monoisotopic (exact) mass is 429 g/mol. The van der Waals surface area contributed by atoms with E-state index in [2.05, 4.69) is 34.1 Å². The van der Waals surface area contributed by atoms with Crippen LogP contribution in [0.4, 0.5) is 0 Å². The van der Waals surface area contributed by atoms with Gasteiger partial charge in [-0.3, -0.25) is 14.7 Å². The Morgan fingerprint density at radius 1 is 1.03 bits per heavy atom. The molecule has 0 bridgehead atoms. The van der Waals surface area contributed by atoms with Gasteiger partial charge in [-0.05, 0) is 54.8 Å². The molecular weight excluding hydrogens is 398 g/mol. The first-order valence-corrected chi connectivity index (χ1v) is 11.2. The number of hydrogen-bond acceptors (Lipinski definition) is 4. The van der Waals surface area contributed by atoms with Crippen LogP contribution in [0.2, 0.25) is 0 Å². The van der Waals surface area contributed by atoms with Crippen LogP contribution in [0.25, 0.3) is 0 Å². The van der Waals surface area contributed by atoms with Gasteiger partial charge >= 0.3 is 0 Å². The number of hydrogen-bond donors (Lipinski definition) is 0. The van der Waals surface area contributed by atoms with Crippen molar-refractivity contribution in [1.82, 2.24) is 14.8 Å². The third-order valence-corrected chi connectivity index (χ3v) is 6.10. The molecule has 1 aliphatic heterocycles. The van der Waals surface area contributed by atoms with Crippen molar-refractivity contribution in [2.75, 3.05) is 27.2 Å². The molecule has 2 heterocycles. The summed E-state index contributed by atoms with van der Waals surface area (Å²) in [4.78, 5) is 22.0. The average molecular weight is 430 g/mol. The first-order valence-electron chi connectivity index (χ1n) is 11.2. The van der Waals surface area contributed by atoms with Gasteiger partial charge in [0.05, 0.1) is 5.69 Å². The van der Waals surface area contributed by atoms with Crippen LogP contribution in [0.1, 0.15) is 29.7 Å². The molecule has 0 saturated carbocycles. The first kappa shape index (κ1) is 22.0. The van der Waals surface area contributed by atoms with Crippen molar-refractivity contribution in [1.29, 1.82) is 0 Å². The Morgan fingerprint density at radius 2 is 1.81 bits per heavy atom. The number of ether oxygens (including phenoxy) is 1. The van der Waals surface area contributed by atoms with E-state index in [9.17, 15) is 4.79 Å². The molecule has 1 aromatic heterocycles. The summed E-state index contributed by atoms with van der Waals surface area (Å²) in [6.07, 6.45) is 3.56. The molecular formula is C27H31N3O2. The van der Waals surface area contributed by atoms with Crippen LogP contribution in [0.5, 0.6) is 5.75 Å². The van der Waals surface area contributed by atoms with Crippen molar-refractivity contribution in [2.45, 2.75) is 31.4 Å². The molecule has 1 saturated heterocycles. The topological polar surface area (TPSA) is 45.7 Å². The summed E-state index contributed by atoms with van der Waals surface area (Å²) >= 11 is 0. The zero-order valence-corrected chi connectivity index (χ0v) is 18.9. The SMILES string of the molecule is CN(C)C(=O)C1(c2ccccn2)CCCN(Cc2cccc(OCc3ccccc3)c2)C1. The summed E-state index contributed by atoms with van der Waals surface area (Å²) in [5, 5.41) is 0. The van der Waals surface area contributed by atoms with Crippen molar-refractivity contribution >= 4 is 5.91 Å². The number of nitrogens with zero attached hydrogens (tertiary/aromatic N) is 3. The van der Waals surface area contributed by atoms with Crippen LogP contribution in [0.3, 0.4) is 0 Å². The largest absolute Gasteiger partial charge is 0.489 e. The molecule has 0 aliphatic carbocycles. The summed E-state index contributed by atoms with van der Waals surface area (Å²) in [6, 6.07) is 24.3. The maximum absolute atomic E-state index is 13.3. The van der Waals surface area contributed by atoms with E-state index in [0.29, 0.717) is 13.2 Å². The number of carbonyl (C=O) groups is 1. The number of aromatic nitrogens is 1. The molecule has 1 aliphatic rings. The molecule has 166 valence electrons. The number of likely N-dealkylation sites (N-methyl/N-ethyl adjacent to an activating group) is 1. The molecule has 2 aromatic carbocycles. The molecule has 4 rings (SSSR count). The van der Waals surface area contributed by atoms with Gasteiger partial charge in [-0.15, -0.1) is 0 Å². The highest BCUT2D eigenvalue weighted by atomic mass is 16.5. The highest BCUT2D eigenvalue weighted by Gasteiger charge is 2.45. The van der Waals surface area contributed by atoms with Gasteiger partial charge in [-0.2, -0.15) is 0 Å². The second-order valence-corrected chi connectivity index (χ2v) is 8.73. The van der Waals surface area contributed by atoms with Crippen LogP contribution < -0.4 is 4.74 Å². The molecule has 5 heteroatoms. The van der Waals surface area contributed by atoms with E-state index in [1.807, 2.05) is 62.6 Å². The Kier molecular flexibility index (Phi) is 6.86. The number of benzene rings is 2. The minimum absolute atomic E-state index is 0.126. The molecule has 0 spiro atoms. The predicted molar refractivity (Wildman–Crippen MR) is 126 cm³/mol. The fourth-order valence-electron chi connectivity index (χ4n) is 4.58. The first-order chi connectivity index (χ1) is 15.6. The van der Waals surface area contributed by atoms with E-state index in [4.69, 9.17) is 4.74 Å². The number of rotatable bonds is 7.